The molecule has 8 nitrogen and oxygen atoms in total. The van der Waals surface area contributed by atoms with Crippen LogP contribution in [0.5, 0.6) is 23.0 Å². The largest absolute Gasteiger partial charge is 0.497 e. The summed E-state index contributed by atoms with van der Waals surface area (Å²) >= 11 is 0. The fraction of sp³-hybridized carbons (Fsp3) is 0.160. The standard InChI is InChI=1S/C25H24N2O6/c1-17-4-7-19(8-5-17)25(29)33-22-13-6-18(14-23(22)31-3)15-26-27-24(28)16-32-21-11-9-20(30-2)10-12-21/h4-15H,16H2,1-3H3,(H,27,28)/b26-15+. The van der Waals surface area contributed by atoms with E-state index in [-0.39, 0.29) is 12.4 Å². The Hall–Kier alpha value is -4.33. The number of esters is 1. The Kier molecular flexibility index (Phi) is 8.02. The van der Waals surface area contributed by atoms with Crippen LogP contribution in [-0.2, 0) is 4.79 Å². The number of carbonyl (C=O) groups is 2. The van der Waals surface area contributed by atoms with Gasteiger partial charge in [-0.3, -0.25) is 4.79 Å². The number of hydrogen-bond acceptors (Lipinski definition) is 7. The van der Waals surface area contributed by atoms with Crippen LogP contribution in [0.15, 0.2) is 71.8 Å². The van der Waals surface area contributed by atoms with E-state index in [9.17, 15) is 9.59 Å². The topological polar surface area (TPSA) is 95.5 Å². The van der Waals surface area contributed by atoms with Gasteiger partial charge in [-0.2, -0.15) is 5.10 Å². The molecule has 1 N–H and O–H groups in total. The highest BCUT2D eigenvalue weighted by atomic mass is 16.6. The molecule has 170 valence electrons. The van der Waals surface area contributed by atoms with Crippen molar-refractivity contribution in [3.63, 3.8) is 0 Å². The number of aryl methyl sites for hydroxylation is 1. The molecule has 3 rings (SSSR count). The zero-order valence-corrected chi connectivity index (χ0v) is 18.5. The van der Waals surface area contributed by atoms with Gasteiger partial charge < -0.3 is 18.9 Å². The van der Waals surface area contributed by atoms with Gasteiger partial charge in [-0.25, -0.2) is 10.2 Å². The Morgan fingerprint density at radius 2 is 1.58 bits per heavy atom. The van der Waals surface area contributed by atoms with Gasteiger partial charge in [-0.05, 0) is 67.1 Å². The highest BCUT2D eigenvalue weighted by Crippen LogP contribution is 2.28. The van der Waals surface area contributed by atoms with Gasteiger partial charge in [0.05, 0.1) is 26.0 Å². The molecule has 0 spiro atoms. The molecule has 0 aliphatic rings. The molecule has 0 radical (unpaired) electrons. The molecule has 0 heterocycles. The molecule has 0 saturated carbocycles. The van der Waals surface area contributed by atoms with Crippen molar-refractivity contribution in [2.45, 2.75) is 6.92 Å². The minimum Gasteiger partial charge on any atom is -0.497 e. The Labute approximate surface area is 191 Å². The van der Waals surface area contributed by atoms with Crippen molar-refractivity contribution >= 4 is 18.1 Å². The Balaban J connectivity index is 1.54. The molecule has 0 aromatic heterocycles. The summed E-state index contributed by atoms with van der Waals surface area (Å²) in [5, 5.41) is 3.92. The second-order valence-corrected chi connectivity index (χ2v) is 6.92. The van der Waals surface area contributed by atoms with Crippen molar-refractivity contribution in [3.05, 3.63) is 83.4 Å². The Bertz CT molecular complexity index is 1120. The number of methoxy groups -OCH3 is 2. The van der Waals surface area contributed by atoms with Gasteiger partial charge in [0.1, 0.15) is 11.5 Å². The van der Waals surface area contributed by atoms with Crippen LogP contribution in [0, 0.1) is 6.92 Å². The van der Waals surface area contributed by atoms with Crippen molar-refractivity contribution < 1.29 is 28.5 Å². The number of amides is 1. The van der Waals surface area contributed by atoms with E-state index in [0.29, 0.717) is 28.4 Å². The highest BCUT2D eigenvalue weighted by molar-refractivity contribution is 5.91. The van der Waals surface area contributed by atoms with E-state index in [0.717, 1.165) is 5.56 Å². The van der Waals surface area contributed by atoms with E-state index < -0.39 is 11.9 Å². The van der Waals surface area contributed by atoms with E-state index in [1.165, 1.54) is 13.3 Å². The summed E-state index contributed by atoms with van der Waals surface area (Å²) in [5.41, 5.74) is 4.51. The third-order valence-corrected chi connectivity index (χ3v) is 4.51. The normalized spacial score (nSPS) is 10.5. The number of carbonyl (C=O) groups excluding carboxylic acids is 2. The third-order valence-electron chi connectivity index (χ3n) is 4.51. The van der Waals surface area contributed by atoms with Gasteiger partial charge in [-0.15, -0.1) is 0 Å². The number of benzene rings is 3. The molecule has 1 amide bonds. The van der Waals surface area contributed by atoms with Crippen LogP contribution in [0.25, 0.3) is 0 Å². The molecule has 0 aliphatic carbocycles. The number of rotatable bonds is 9. The minimum absolute atomic E-state index is 0.194. The maximum Gasteiger partial charge on any atom is 0.343 e. The molecule has 0 atom stereocenters. The molecule has 0 bridgehead atoms. The third kappa shape index (κ3) is 6.83. The first-order valence-electron chi connectivity index (χ1n) is 10.0. The van der Waals surface area contributed by atoms with Crippen LogP contribution in [0.1, 0.15) is 21.5 Å². The summed E-state index contributed by atoms with van der Waals surface area (Å²) in [6.07, 6.45) is 1.44. The Morgan fingerprint density at radius 3 is 2.24 bits per heavy atom. The van der Waals surface area contributed by atoms with Crippen molar-refractivity contribution in [1.82, 2.24) is 5.43 Å². The van der Waals surface area contributed by atoms with Crippen LogP contribution in [-0.4, -0.2) is 38.9 Å². The maximum absolute atomic E-state index is 12.4. The van der Waals surface area contributed by atoms with Crippen molar-refractivity contribution in [2.24, 2.45) is 5.10 Å². The number of ether oxygens (including phenoxy) is 4. The number of nitrogens with one attached hydrogen (secondary N) is 1. The molecular weight excluding hydrogens is 424 g/mol. The van der Waals surface area contributed by atoms with Crippen LogP contribution < -0.4 is 24.4 Å². The lowest BCUT2D eigenvalue weighted by molar-refractivity contribution is -0.123. The molecule has 8 heteroatoms. The summed E-state index contributed by atoms with van der Waals surface area (Å²) in [4.78, 5) is 24.3. The predicted molar refractivity (Wildman–Crippen MR) is 123 cm³/mol. The molecule has 0 saturated heterocycles. The maximum atomic E-state index is 12.4. The van der Waals surface area contributed by atoms with Gasteiger partial charge in [0.25, 0.3) is 5.91 Å². The smallest absolute Gasteiger partial charge is 0.343 e. The average Bonchev–Trinajstić information content (AvgIpc) is 2.84. The number of hydrazone groups is 1. The summed E-state index contributed by atoms with van der Waals surface area (Å²) in [6.45, 7) is 1.75. The quantitative estimate of drug-likeness (QED) is 0.232. The zero-order chi connectivity index (χ0) is 23.6. The molecule has 33 heavy (non-hydrogen) atoms. The summed E-state index contributed by atoms with van der Waals surface area (Å²) in [7, 11) is 3.04. The van der Waals surface area contributed by atoms with Gasteiger partial charge in [-0.1, -0.05) is 17.7 Å². The van der Waals surface area contributed by atoms with E-state index in [2.05, 4.69) is 10.5 Å². The Morgan fingerprint density at radius 1 is 0.879 bits per heavy atom. The molecule has 3 aromatic carbocycles. The molecule has 0 aliphatic heterocycles. The molecule has 0 unspecified atom stereocenters. The lowest BCUT2D eigenvalue weighted by atomic mass is 10.1. The van der Waals surface area contributed by atoms with Crippen LogP contribution in [0.2, 0.25) is 0 Å². The second kappa shape index (κ2) is 11.3. The summed E-state index contributed by atoms with van der Waals surface area (Å²) in [6, 6.07) is 18.9. The van der Waals surface area contributed by atoms with Crippen molar-refractivity contribution in [1.29, 1.82) is 0 Å². The first-order chi connectivity index (χ1) is 16.0. The van der Waals surface area contributed by atoms with E-state index in [1.807, 2.05) is 19.1 Å². The number of hydrogen-bond donors (Lipinski definition) is 1. The lowest BCUT2D eigenvalue weighted by Gasteiger charge is -2.10. The van der Waals surface area contributed by atoms with Crippen LogP contribution >= 0.6 is 0 Å². The van der Waals surface area contributed by atoms with Gasteiger partial charge in [0.15, 0.2) is 18.1 Å². The first kappa shape index (κ1) is 23.3. The van der Waals surface area contributed by atoms with Gasteiger partial charge in [0, 0.05) is 0 Å². The fourth-order valence-electron chi connectivity index (χ4n) is 2.73. The van der Waals surface area contributed by atoms with Crippen LogP contribution in [0.3, 0.4) is 0 Å². The molecule has 0 fully saturated rings. The van der Waals surface area contributed by atoms with E-state index >= 15 is 0 Å². The summed E-state index contributed by atoms with van der Waals surface area (Å²) in [5.74, 6) is 0.959. The van der Waals surface area contributed by atoms with Gasteiger partial charge in [0.2, 0.25) is 0 Å². The molecular formula is C25H24N2O6. The van der Waals surface area contributed by atoms with E-state index in [1.54, 1.807) is 61.7 Å². The van der Waals surface area contributed by atoms with E-state index in [4.69, 9.17) is 18.9 Å². The SMILES string of the molecule is COc1ccc(OCC(=O)N/N=C/c2ccc(OC(=O)c3ccc(C)cc3)c(OC)c2)cc1. The lowest BCUT2D eigenvalue weighted by Crippen LogP contribution is -2.24. The van der Waals surface area contributed by atoms with Crippen molar-refractivity contribution in [3.8, 4) is 23.0 Å². The predicted octanol–water partition coefficient (Wildman–Crippen LogP) is 3.76. The highest BCUT2D eigenvalue weighted by Gasteiger charge is 2.12. The van der Waals surface area contributed by atoms with Crippen molar-refractivity contribution in [2.75, 3.05) is 20.8 Å². The van der Waals surface area contributed by atoms with Gasteiger partial charge >= 0.3 is 5.97 Å². The monoisotopic (exact) mass is 448 g/mol. The second-order valence-electron chi connectivity index (χ2n) is 6.92. The summed E-state index contributed by atoms with van der Waals surface area (Å²) < 4.78 is 21.2. The molecule has 3 aromatic rings. The fourth-order valence-corrected chi connectivity index (χ4v) is 2.73. The number of nitrogens with zero attached hydrogens (tertiary/aromatic N) is 1. The minimum atomic E-state index is -0.487. The zero-order valence-electron chi connectivity index (χ0n) is 18.5. The van der Waals surface area contributed by atoms with Crippen LogP contribution in [0.4, 0.5) is 0 Å². The average molecular weight is 448 g/mol. The first-order valence-corrected chi connectivity index (χ1v) is 10.0.